The van der Waals surface area contributed by atoms with E-state index >= 15 is 0 Å². The maximum atomic E-state index is 12.5. The van der Waals surface area contributed by atoms with Crippen LogP contribution in [0.25, 0.3) is 0 Å². The SMILES string of the molecule is CCCC(C#N)(CCC)C(=O)NC(C)(CC)CCO. The average molecular weight is 268 g/mol. The zero-order valence-corrected chi connectivity index (χ0v) is 12.8. The molecule has 0 heterocycles. The van der Waals surface area contributed by atoms with Gasteiger partial charge in [0.2, 0.25) is 5.91 Å². The first-order chi connectivity index (χ1) is 8.93. The van der Waals surface area contributed by atoms with Crippen LogP contribution in [0.1, 0.15) is 66.2 Å². The molecule has 0 saturated heterocycles. The van der Waals surface area contributed by atoms with Crippen molar-refractivity contribution in [1.82, 2.24) is 5.32 Å². The number of aliphatic hydroxyl groups excluding tert-OH is 1. The lowest BCUT2D eigenvalue weighted by molar-refractivity contribution is -0.131. The van der Waals surface area contributed by atoms with Gasteiger partial charge in [0.05, 0.1) is 6.07 Å². The van der Waals surface area contributed by atoms with E-state index in [-0.39, 0.29) is 12.5 Å². The predicted octanol–water partition coefficient (Wildman–Crippen LogP) is 2.76. The molecule has 1 unspecified atom stereocenters. The molecule has 1 atom stereocenters. The van der Waals surface area contributed by atoms with E-state index in [9.17, 15) is 10.1 Å². The van der Waals surface area contributed by atoms with E-state index < -0.39 is 11.0 Å². The lowest BCUT2D eigenvalue weighted by Crippen LogP contribution is -2.52. The van der Waals surface area contributed by atoms with Crippen molar-refractivity contribution < 1.29 is 9.90 Å². The minimum Gasteiger partial charge on any atom is -0.396 e. The van der Waals surface area contributed by atoms with Gasteiger partial charge in [-0.3, -0.25) is 4.79 Å². The van der Waals surface area contributed by atoms with Gasteiger partial charge in [-0.15, -0.1) is 0 Å². The summed E-state index contributed by atoms with van der Waals surface area (Å²) in [5, 5.41) is 21.5. The molecule has 0 aromatic heterocycles. The molecule has 0 aliphatic rings. The lowest BCUT2D eigenvalue weighted by Gasteiger charge is -2.34. The number of carbonyl (C=O) groups excluding carboxylic acids is 1. The summed E-state index contributed by atoms with van der Waals surface area (Å²) in [6.45, 7) is 7.90. The van der Waals surface area contributed by atoms with E-state index in [0.717, 1.165) is 19.3 Å². The molecule has 0 aromatic carbocycles. The number of amides is 1. The largest absolute Gasteiger partial charge is 0.396 e. The van der Waals surface area contributed by atoms with E-state index in [0.29, 0.717) is 19.3 Å². The molecule has 110 valence electrons. The zero-order valence-electron chi connectivity index (χ0n) is 12.8. The summed E-state index contributed by atoms with van der Waals surface area (Å²) in [4.78, 5) is 12.5. The summed E-state index contributed by atoms with van der Waals surface area (Å²) in [5.41, 5.74) is -1.36. The van der Waals surface area contributed by atoms with Crippen LogP contribution in [0.15, 0.2) is 0 Å². The quantitative estimate of drug-likeness (QED) is 0.675. The molecule has 1 amide bonds. The van der Waals surface area contributed by atoms with Crippen LogP contribution >= 0.6 is 0 Å². The summed E-state index contributed by atoms with van der Waals surface area (Å²) in [6.07, 6.45) is 4.03. The number of hydrogen-bond donors (Lipinski definition) is 2. The third-order valence-electron chi connectivity index (χ3n) is 3.86. The molecule has 0 fully saturated rings. The van der Waals surface area contributed by atoms with Crippen molar-refractivity contribution in [2.75, 3.05) is 6.61 Å². The van der Waals surface area contributed by atoms with E-state index in [2.05, 4.69) is 11.4 Å². The minimum absolute atomic E-state index is 0.0335. The first kappa shape index (κ1) is 17.9. The molecule has 4 nitrogen and oxygen atoms in total. The maximum Gasteiger partial charge on any atom is 0.240 e. The highest BCUT2D eigenvalue weighted by Crippen LogP contribution is 2.31. The monoisotopic (exact) mass is 268 g/mol. The van der Waals surface area contributed by atoms with Gasteiger partial charge >= 0.3 is 0 Å². The van der Waals surface area contributed by atoms with Crippen molar-refractivity contribution in [3.8, 4) is 6.07 Å². The second kappa shape index (κ2) is 8.16. The van der Waals surface area contributed by atoms with Crippen molar-refractivity contribution in [3.05, 3.63) is 0 Å². The Hall–Kier alpha value is -1.08. The van der Waals surface area contributed by atoms with Crippen LogP contribution in [0, 0.1) is 16.7 Å². The smallest absolute Gasteiger partial charge is 0.240 e. The second-order valence-corrected chi connectivity index (χ2v) is 5.54. The number of nitriles is 1. The number of hydrogen-bond acceptors (Lipinski definition) is 3. The fourth-order valence-electron chi connectivity index (χ4n) is 2.34. The van der Waals surface area contributed by atoms with E-state index in [1.807, 2.05) is 27.7 Å². The summed E-state index contributed by atoms with van der Waals surface area (Å²) in [6, 6.07) is 2.23. The van der Waals surface area contributed by atoms with Crippen LogP contribution in [-0.4, -0.2) is 23.2 Å². The lowest BCUT2D eigenvalue weighted by atomic mass is 9.78. The van der Waals surface area contributed by atoms with Crippen LogP contribution in [0.3, 0.4) is 0 Å². The normalized spacial score (nSPS) is 14.5. The van der Waals surface area contributed by atoms with Crippen LogP contribution in [-0.2, 0) is 4.79 Å². The molecule has 0 aliphatic heterocycles. The number of nitrogens with zero attached hydrogens (tertiary/aromatic N) is 1. The molecular weight excluding hydrogens is 240 g/mol. The minimum atomic E-state index is -0.921. The van der Waals surface area contributed by atoms with Gasteiger partial charge in [-0.2, -0.15) is 5.26 Å². The van der Waals surface area contributed by atoms with Crippen molar-refractivity contribution in [2.45, 2.75) is 71.8 Å². The molecule has 0 bridgehead atoms. The van der Waals surface area contributed by atoms with Gasteiger partial charge in [0.25, 0.3) is 0 Å². The van der Waals surface area contributed by atoms with E-state index in [1.165, 1.54) is 0 Å². The third-order valence-corrected chi connectivity index (χ3v) is 3.86. The summed E-state index contributed by atoms with van der Waals surface area (Å²) in [5.74, 6) is -0.184. The third kappa shape index (κ3) is 4.83. The van der Waals surface area contributed by atoms with Crippen LogP contribution in [0.4, 0.5) is 0 Å². The first-order valence-corrected chi connectivity index (χ1v) is 7.28. The van der Waals surface area contributed by atoms with Gasteiger partial charge in [-0.05, 0) is 32.6 Å². The highest BCUT2D eigenvalue weighted by Gasteiger charge is 2.39. The molecule has 0 spiro atoms. The number of rotatable bonds is 9. The Labute approximate surface area is 117 Å². The number of nitrogens with one attached hydrogen (secondary N) is 1. The molecule has 4 heteroatoms. The van der Waals surface area contributed by atoms with Crippen LogP contribution in [0.5, 0.6) is 0 Å². The van der Waals surface area contributed by atoms with Crippen LogP contribution < -0.4 is 5.32 Å². The van der Waals surface area contributed by atoms with Crippen molar-refractivity contribution >= 4 is 5.91 Å². The molecule has 0 aromatic rings. The Balaban J connectivity index is 5.05. The number of carbonyl (C=O) groups is 1. The van der Waals surface area contributed by atoms with Gasteiger partial charge in [0.15, 0.2) is 0 Å². The molecule has 0 saturated carbocycles. The fraction of sp³-hybridized carbons (Fsp3) is 0.867. The van der Waals surface area contributed by atoms with Gasteiger partial charge in [0.1, 0.15) is 5.41 Å². The van der Waals surface area contributed by atoms with Gasteiger partial charge in [-0.1, -0.05) is 33.6 Å². The Morgan fingerprint density at radius 3 is 2.05 bits per heavy atom. The van der Waals surface area contributed by atoms with Crippen molar-refractivity contribution in [2.24, 2.45) is 5.41 Å². The van der Waals surface area contributed by atoms with Gasteiger partial charge < -0.3 is 10.4 Å². The Bertz CT molecular complexity index is 317. The summed E-state index contributed by atoms with van der Waals surface area (Å²) < 4.78 is 0. The highest BCUT2D eigenvalue weighted by molar-refractivity contribution is 5.86. The zero-order chi connectivity index (χ0) is 14.9. The highest BCUT2D eigenvalue weighted by atomic mass is 16.3. The topological polar surface area (TPSA) is 73.1 Å². The summed E-state index contributed by atoms with van der Waals surface area (Å²) in [7, 11) is 0. The fourth-order valence-corrected chi connectivity index (χ4v) is 2.34. The van der Waals surface area contributed by atoms with E-state index in [1.54, 1.807) is 0 Å². The molecule has 0 rings (SSSR count). The number of aliphatic hydroxyl groups is 1. The van der Waals surface area contributed by atoms with Crippen molar-refractivity contribution in [3.63, 3.8) is 0 Å². The van der Waals surface area contributed by atoms with Gasteiger partial charge in [0, 0.05) is 12.1 Å². The Kier molecular flexibility index (Phi) is 7.70. The van der Waals surface area contributed by atoms with Crippen LogP contribution in [0.2, 0.25) is 0 Å². The summed E-state index contributed by atoms with van der Waals surface area (Å²) >= 11 is 0. The average Bonchev–Trinajstić information content (AvgIpc) is 2.38. The Morgan fingerprint density at radius 2 is 1.74 bits per heavy atom. The van der Waals surface area contributed by atoms with Crippen molar-refractivity contribution in [1.29, 1.82) is 5.26 Å². The molecular formula is C15H28N2O2. The second-order valence-electron chi connectivity index (χ2n) is 5.54. The molecule has 19 heavy (non-hydrogen) atoms. The molecule has 2 N–H and O–H groups in total. The van der Waals surface area contributed by atoms with Gasteiger partial charge in [-0.25, -0.2) is 0 Å². The van der Waals surface area contributed by atoms with E-state index in [4.69, 9.17) is 5.11 Å². The maximum absolute atomic E-state index is 12.5. The molecule has 0 aliphatic carbocycles. The Morgan fingerprint density at radius 1 is 1.21 bits per heavy atom. The predicted molar refractivity (Wildman–Crippen MR) is 76.4 cm³/mol. The first-order valence-electron chi connectivity index (χ1n) is 7.28. The molecule has 0 radical (unpaired) electrons. The standard InChI is InChI=1S/C15H28N2O2/c1-5-8-15(12-16,9-6-2)13(19)17-14(4,7-3)10-11-18/h18H,5-11H2,1-4H3,(H,17,19).